The number of nitrogens with zero attached hydrogens (tertiary/aromatic N) is 4. The number of pyridine rings is 2. The molecule has 0 N–H and O–H groups in total. The van der Waals surface area contributed by atoms with Gasteiger partial charge in [0.15, 0.2) is 0 Å². The van der Waals surface area contributed by atoms with Gasteiger partial charge in [-0.2, -0.15) is 0 Å². The van der Waals surface area contributed by atoms with E-state index in [0.717, 1.165) is 66.9 Å². The summed E-state index contributed by atoms with van der Waals surface area (Å²) in [4.78, 5) is 14.0. The van der Waals surface area contributed by atoms with E-state index >= 15 is 0 Å². The maximum atomic E-state index is 6.25. The monoisotopic (exact) mass is 773 g/mol. The first-order chi connectivity index (χ1) is 20.6. The molecule has 7 rings (SSSR count). The third kappa shape index (κ3) is 5.92. The summed E-state index contributed by atoms with van der Waals surface area (Å²) in [6.07, 6.45) is 3.85. The fourth-order valence-corrected chi connectivity index (χ4v) is 6.52. The number of fused-ring (bicyclic) bond motifs is 4. The zero-order valence-corrected chi connectivity index (χ0v) is 29.6. The summed E-state index contributed by atoms with van der Waals surface area (Å²) in [5.74, 6) is 1.18. The van der Waals surface area contributed by atoms with E-state index in [-0.39, 0.29) is 20.1 Å². The third-order valence-electron chi connectivity index (χ3n) is 7.85. The average Bonchev–Trinajstić information content (AvgIpc) is 3.56. The molecule has 7 heteroatoms. The van der Waals surface area contributed by atoms with Crippen molar-refractivity contribution in [2.24, 2.45) is 7.05 Å². The van der Waals surface area contributed by atoms with E-state index in [1.54, 1.807) is 0 Å². The van der Waals surface area contributed by atoms with Gasteiger partial charge < -0.3 is 14.0 Å². The van der Waals surface area contributed by atoms with Gasteiger partial charge in [0.25, 0.3) is 0 Å². The second-order valence-corrected chi connectivity index (χ2v) is 17.4. The third-order valence-corrected chi connectivity index (χ3v) is 9.87. The maximum absolute atomic E-state index is 6.25. The standard InChI is InChI=1S/C23H20N3O.C14H16NSi.Ir/c1-13(2)20-21-17(11-12-24-20)25-23(26(21)4)16-10-9-14(3)19-15-7-5-6-8-18(15)27-22(16)19;1-16(2,3)13-9-10-14(15-11-13)12-7-5-4-6-8-12;/h5-9,11-13H,1-4H3;4-7,9-11H,1-3H3;/q2*-1;. The molecule has 0 aliphatic carbocycles. The van der Waals surface area contributed by atoms with Crippen molar-refractivity contribution in [3.63, 3.8) is 0 Å². The zero-order chi connectivity index (χ0) is 30.3. The van der Waals surface area contributed by atoms with Gasteiger partial charge in [-0.25, -0.2) is 0 Å². The number of rotatable bonds is 4. The number of imidazole rings is 1. The zero-order valence-electron chi connectivity index (χ0n) is 26.2. The van der Waals surface area contributed by atoms with Gasteiger partial charge in [-0.3, -0.25) is 9.97 Å². The average molecular weight is 773 g/mol. The number of benzene rings is 3. The fraction of sp³-hybridized carbons (Fsp3) is 0.216. The molecule has 7 aromatic rings. The summed E-state index contributed by atoms with van der Waals surface area (Å²) in [6, 6.07) is 31.0. The molecule has 0 amide bonds. The molecule has 0 spiro atoms. The first-order valence-electron chi connectivity index (χ1n) is 14.7. The summed E-state index contributed by atoms with van der Waals surface area (Å²) in [5, 5.41) is 3.66. The second-order valence-electron chi connectivity index (χ2n) is 12.3. The van der Waals surface area contributed by atoms with E-state index in [1.807, 2.05) is 74.0 Å². The number of para-hydroxylation sites is 1. The molecule has 5 nitrogen and oxygen atoms in total. The van der Waals surface area contributed by atoms with Crippen molar-refractivity contribution >= 4 is 46.2 Å². The topological polar surface area (TPSA) is 56.7 Å². The van der Waals surface area contributed by atoms with Crippen molar-refractivity contribution in [1.29, 1.82) is 0 Å². The van der Waals surface area contributed by atoms with Crippen molar-refractivity contribution in [3.8, 4) is 22.6 Å². The smallest absolute Gasteiger partial charge is 0.120 e. The molecule has 3 aromatic carbocycles. The van der Waals surface area contributed by atoms with Crippen LogP contribution in [0.2, 0.25) is 19.6 Å². The van der Waals surface area contributed by atoms with Crippen LogP contribution >= 0.6 is 0 Å². The maximum Gasteiger partial charge on any atom is 0.120 e. The predicted molar refractivity (Wildman–Crippen MR) is 180 cm³/mol. The molecule has 0 unspecified atom stereocenters. The Kier molecular flexibility index (Phi) is 9.03. The van der Waals surface area contributed by atoms with Crippen LogP contribution in [-0.2, 0) is 27.2 Å². The molecule has 0 atom stereocenters. The van der Waals surface area contributed by atoms with Gasteiger partial charge in [0.1, 0.15) is 5.58 Å². The van der Waals surface area contributed by atoms with Crippen LogP contribution in [0.3, 0.4) is 0 Å². The van der Waals surface area contributed by atoms with Crippen molar-refractivity contribution in [2.75, 3.05) is 0 Å². The second kappa shape index (κ2) is 12.6. The van der Waals surface area contributed by atoms with Crippen molar-refractivity contribution < 1.29 is 24.5 Å². The Balaban J connectivity index is 0.000000194. The Bertz CT molecular complexity index is 2060. The Morgan fingerprint density at radius 2 is 1.68 bits per heavy atom. The molecule has 0 saturated carbocycles. The molecule has 0 saturated heterocycles. The molecule has 0 aliphatic rings. The molecule has 0 fully saturated rings. The first kappa shape index (κ1) is 31.5. The van der Waals surface area contributed by atoms with Gasteiger partial charge in [0, 0.05) is 44.9 Å². The quantitative estimate of drug-likeness (QED) is 0.133. The molecule has 1 radical (unpaired) electrons. The van der Waals surface area contributed by atoms with Crippen molar-refractivity contribution in [1.82, 2.24) is 19.5 Å². The Morgan fingerprint density at radius 3 is 2.36 bits per heavy atom. The van der Waals surface area contributed by atoms with Crippen molar-refractivity contribution in [2.45, 2.75) is 46.3 Å². The van der Waals surface area contributed by atoms with Gasteiger partial charge >= 0.3 is 0 Å². The SMILES string of the molecule is C[Si](C)(C)c1ccc(-c2[c-]cccc2)nc1.Cc1c[c-]c(-c2nc3ccnc(C(C)C)c3n2C)c2oc3ccccc3c12.[Ir]. The Labute approximate surface area is 273 Å². The summed E-state index contributed by atoms with van der Waals surface area (Å²) in [5.41, 5.74) is 8.91. The van der Waals surface area contributed by atoms with E-state index in [1.165, 1.54) is 5.19 Å². The van der Waals surface area contributed by atoms with E-state index < -0.39 is 8.07 Å². The van der Waals surface area contributed by atoms with E-state index in [4.69, 9.17) is 9.40 Å². The van der Waals surface area contributed by atoms with Gasteiger partial charge in [-0.05, 0) is 28.9 Å². The molecule has 0 aliphatic heterocycles. The van der Waals surface area contributed by atoms with Crippen LogP contribution < -0.4 is 5.19 Å². The van der Waals surface area contributed by atoms with Gasteiger partial charge in [0.05, 0.1) is 36.2 Å². The molecule has 4 aromatic heterocycles. The first-order valence-corrected chi connectivity index (χ1v) is 18.2. The van der Waals surface area contributed by atoms with Crippen LogP contribution in [0.25, 0.3) is 55.6 Å². The Morgan fingerprint density at radius 1 is 0.909 bits per heavy atom. The minimum Gasteiger partial charge on any atom is -0.501 e. The fourth-order valence-electron chi connectivity index (χ4n) is 5.48. The van der Waals surface area contributed by atoms with Crippen LogP contribution in [0.1, 0.15) is 31.0 Å². The van der Waals surface area contributed by atoms with E-state index in [9.17, 15) is 0 Å². The van der Waals surface area contributed by atoms with Crippen molar-refractivity contribution in [3.05, 3.63) is 109 Å². The van der Waals surface area contributed by atoms with Gasteiger partial charge in [-0.1, -0.05) is 81.7 Å². The number of hydrogen-bond acceptors (Lipinski definition) is 4. The normalized spacial score (nSPS) is 11.5. The summed E-state index contributed by atoms with van der Waals surface area (Å²) >= 11 is 0. The number of hydrogen-bond donors (Lipinski definition) is 0. The van der Waals surface area contributed by atoms with E-state index in [2.05, 4.69) is 85.3 Å². The minimum atomic E-state index is -1.23. The molecule has 0 bridgehead atoms. The van der Waals surface area contributed by atoms with Crippen LogP contribution in [0, 0.1) is 19.1 Å². The van der Waals surface area contributed by atoms with Crippen LogP contribution in [0.5, 0.6) is 0 Å². The number of aryl methyl sites for hydroxylation is 2. The van der Waals surface area contributed by atoms with Gasteiger partial charge in [-0.15, -0.1) is 53.6 Å². The molecule has 225 valence electrons. The molecule has 44 heavy (non-hydrogen) atoms. The summed E-state index contributed by atoms with van der Waals surface area (Å²) in [6.45, 7) is 13.4. The molecular weight excluding hydrogens is 737 g/mol. The van der Waals surface area contributed by atoms with E-state index in [0.29, 0.717) is 5.92 Å². The molecule has 4 heterocycles. The largest absolute Gasteiger partial charge is 0.501 e. The summed E-state index contributed by atoms with van der Waals surface area (Å²) in [7, 11) is 0.812. The van der Waals surface area contributed by atoms with Crippen LogP contribution in [-0.4, -0.2) is 27.6 Å². The van der Waals surface area contributed by atoms with Crippen LogP contribution in [0.15, 0.2) is 89.6 Å². The number of aromatic nitrogens is 4. The van der Waals surface area contributed by atoms with Gasteiger partial charge in [0.2, 0.25) is 0 Å². The minimum absolute atomic E-state index is 0. The predicted octanol–water partition coefficient (Wildman–Crippen LogP) is 8.86. The van der Waals surface area contributed by atoms with Crippen LogP contribution in [0.4, 0.5) is 0 Å². The summed E-state index contributed by atoms with van der Waals surface area (Å²) < 4.78 is 8.36. The molecular formula is C37H36IrN4OSi-2. The Hall–Kier alpha value is -3.90. The number of furan rings is 1.